The third-order valence-electron chi connectivity index (χ3n) is 2.36. The summed E-state index contributed by atoms with van der Waals surface area (Å²) in [7, 11) is 0. The van der Waals surface area contributed by atoms with Crippen molar-refractivity contribution in [1.82, 2.24) is 8.75 Å². The lowest BCUT2D eigenvalue weighted by Gasteiger charge is -2.07. The van der Waals surface area contributed by atoms with Crippen molar-refractivity contribution in [3.05, 3.63) is 47.3 Å². The topological polar surface area (TPSA) is 46.0 Å². The molecule has 78 valence electrons. The average Bonchev–Trinajstić information content (AvgIpc) is 2.82. The summed E-state index contributed by atoms with van der Waals surface area (Å²) < 4.78 is 7.89. The van der Waals surface area contributed by atoms with Gasteiger partial charge in [-0.05, 0) is 17.5 Å². The van der Waals surface area contributed by atoms with Crippen molar-refractivity contribution in [3.8, 4) is 0 Å². The van der Waals surface area contributed by atoms with Crippen molar-refractivity contribution in [2.24, 2.45) is 0 Å². The lowest BCUT2D eigenvalue weighted by Crippen LogP contribution is -1.99. The van der Waals surface area contributed by atoms with Crippen LogP contribution in [0.1, 0.15) is 29.8 Å². The van der Waals surface area contributed by atoms with Crippen LogP contribution < -0.4 is 0 Å². The van der Waals surface area contributed by atoms with E-state index in [0.717, 1.165) is 23.7 Å². The van der Waals surface area contributed by atoms with E-state index in [2.05, 4.69) is 15.7 Å². The van der Waals surface area contributed by atoms with Gasteiger partial charge in [0.15, 0.2) is 0 Å². The second kappa shape index (κ2) is 4.51. The molecule has 2 aromatic rings. The highest BCUT2D eigenvalue weighted by Crippen LogP contribution is 2.20. The summed E-state index contributed by atoms with van der Waals surface area (Å²) in [4.78, 5) is 0. The van der Waals surface area contributed by atoms with E-state index < -0.39 is 6.10 Å². The molecule has 0 saturated carbocycles. The predicted molar refractivity (Wildman–Crippen MR) is 59.8 cm³/mol. The Hall–Kier alpha value is -1.26. The molecule has 2 rings (SSSR count). The molecule has 1 aromatic heterocycles. The summed E-state index contributed by atoms with van der Waals surface area (Å²) >= 11 is 1.11. The molecule has 3 nitrogen and oxygen atoms in total. The molecule has 0 amide bonds. The lowest BCUT2D eigenvalue weighted by atomic mass is 10.0. The number of rotatable bonds is 3. The van der Waals surface area contributed by atoms with Gasteiger partial charge in [0.2, 0.25) is 0 Å². The second-order valence-electron chi connectivity index (χ2n) is 3.33. The molecule has 0 aliphatic carbocycles. The van der Waals surface area contributed by atoms with Crippen LogP contribution in [0.3, 0.4) is 0 Å². The minimum absolute atomic E-state index is 0.615. The minimum atomic E-state index is -0.658. The molecule has 1 heterocycles. The van der Waals surface area contributed by atoms with Crippen molar-refractivity contribution in [3.63, 3.8) is 0 Å². The Kier molecular flexibility index (Phi) is 3.08. The van der Waals surface area contributed by atoms with Crippen LogP contribution in [0.15, 0.2) is 30.5 Å². The van der Waals surface area contributed by atoms with Crippen LogP contribution in [-0.2, 0) is 6.42 Å². The third kappa shape index (κ3) is 2.22. The quantitative estimate of drug-likeness (QED) is 0.862. The van der Waals surface area contributed by atoms with Crippen molar-refractivity contribution >= 4 is 11.7 Å². The zero-order valence-corrected chi connectivity index (χ0v) is 9.24. The van der Waals surface area contributed by atoms with Crippen molar-refractivity contribution in [2.45, 2.75) is 19.4 Å². The fraction of sp³-hybridized carbons (Fsp3) is 0.273. The summed E-state index contributed by atoms with van der Waals surface area (Å²) in [5, 5.41) is 9.95. The zero-order chi connectivity index (χ0) is 10.7. The number of aryl methyl sites for hydroxylation is 1. The Morgan fingerprint density at radius 3 is 2.60 bits per heavy atom. The van der Waals surface area contributed by atoms with Crippen molar-refractivity contribution < 1.29 is 5.11 Å². The van der Waals surface area contributed by atoms with Gasteiger partial charge >= 0.3 is 0 Å². The first-order chi connectivity index (χ1) is 7.31. The average molecular weight is 220 g/mol. The minimum Gasteiger partial charge on any atom is -0.382 e. The molecule has 15 heavy (non-hydrogen) atoms. The van der Waals surface area contributed by atoms with E-state index in [1.807, 2.05) is 24.3 Å². The van der Waals surface area contributed by atoms with E-state index >= 15 is 0 Å². The molecule has 0 spiro atoms. The maximum absolute atomic E-state index is 9.95. The summed E-state index contributed by atoms with van der Waals surface area (Å²) in [6.45, 7) is 2.11. The monoisotopic (exact) mass is 220 g/mol. The number of hydrogen-bond donors (Lipinski definition) is 1. The summed E-state index contributed by atoms with van der Waals surface area (Å²) in [6.07, 6.45) is 1.95. The molecule has 0 radical (unpaired) electrons. The van der Waals surface area contributed by atoms with Gasteiger partial charge < -0.3 is 5.11 Å². The molecule has 0 aliphatic heterocycles. The van der Waals surface area contributed by atoms with Gasteiger partial charge in [0, 0.05) is 0 Å². The van der Waals surface area contributed by atoms with Crippen LogP contribution in [0.4, 0.5) is 0 Å². The van der Waals surface area contributed by atoms with Gasteiger partial charge in [-0.25, -0.2) is 0 Å². The second-order valence-corrected chi connectivity index (χ2v) is 3.89. The van der Waals surface area contributed by atoms with Crippen LogP contribution in [0.2, 0.25) is 0 Å². The Balaban J connectivity index is 2.22. The fourth-order valence-corrected chi connectivity index (χ4v) is 1.84. The van der Waals surface area contributed by atoms with Gasteiger partial charge in [0.05, 0.1) is 17.9 Å². The molecule has 4 heteroatoms. The first kappa shape index (κ1) is 10.3. The van der Waals surface area contributed by atoms with Crippen LogP contribution in [0, 0.1) is 0 Å². The summed E-state index contributed by atoms with van der Waals surface area (Å²) in [5.41, 5.74) is 2.74. The van der Waals surface area contributed by atoms with Gasteiger partial charge in [-0.1, -0.05) is 31.2 Å². The maximum Gasteiger partial charge on any atom is 0.124 e. The largest absolute Gasteiger partial charge is 0.382 e. The smallest absolute Gasteiger partial charge is 0.124 e. The Bertz CT molecular complexity index is 411. The van der Waals surface area contributed by atoms with Crippen molar-refractivity contribution in [1.29, 1.82) is 0 Å². The highest BCUT2D eigenvalue weighted by molar-refractivity contribution is 6.99. The normalized spacial score (nSPS) is 12.7. The molecule has 1 atom stereocenters. The number of aliphatic hydroxyl groups is 1. The van der Waals surface area contributed by atoms with E-state index in [0.29, 0.717) is 5.69 Å². The van der Waals surface area contributed by atoms with E-state index in [1.54, 1.807) is 6.20 Å². The predicted octanol–water partition coefficient (Wildman–Crippen LogP) is 2.18. The van der Waals surface area contributed by atoms with Gasteiger partial charge in [0.25, 0.3) is 0 Å². The standard InChI is InChI=1S/C11H12N2OS/c1-2-8-3-5-9(6-4-8)11(14)10-7-12-15-13-10/h3-7,11,14H,2H2,1H3. The van der Waals surface area contributed by atoms with Crippen LogP contribution in [-0.4, -0.2) is 13.9 Å². The first-order valence-electron chi connectivity index (χ1n) is 4.85. The number of aliphatic hydroxyl groups excluding tert-OH is 1. The molecular formula is C11H12N2OS. The van der Waals surface area contributed by atoms with E-state index in [4.69, 9.17) is 0 Å². The van der Waals surface area contributed by atoms with E-state index in [-0.39, 0.29) is 0 Å². The highest BCUT2D eigenvalue weighted by Gasteiger charge is 2.12. The van der Waals surface area contributed by atoms with Crippen LogP contribution in [0.5, 0.6) is 0 Å². The number of nitrogens with zero attached hydrogens (tertiary/aromatic N) is 2. The molecular weight excluding hydrogens is 208 g/mol. The van der Waals surface area contributed by atoms with Gasteiger partial charge in [-0.2, -0.15) is 8.75 Å². The van der Waals surface area contributed by atoms with E-state index in [1.165, 1.54) is 5.56 Å². The molecule has 0 bridgehead atoms. The fourth-order valence-electron chi connectivity index (χ4n) is 1.40. The summed E-state index contributed by atoms with van der Waals surface area (Å²) in [5.74, 6) is 0. The van der Waals surface area contributed by atoms with E-state index in [9.17, 15) is 5.11 Å². The van der Waals surface area contributed by atoms with Crippen molar-refractivity contribution in [2.75, 3.05) is 0 Å². The Labute approximate surface area is 92.7 Å². The highest BCUT2D eigenvalue weighted by atomic mass is 32.1. The van der Waals surface area contributed by atoms with Gasteiger partial charge in [0.1, 0.15) is 11.8 Å². The molecule has 1 N–H and O–H groups in total. The number of hydrogen-bond acceptors (Lipinski definition) is 4. The van der Waals surface area contributed by atoms with Gasteiger partial charge in [-0.15, -0.1) is 0 Å². The number of aromatic nitrogens is 2. The SMILES string of the molecule is CCc1ccc(C(O)c2cnsn2)cc1. The first-order valence-corrected chi connectivity index (χ1v) is 5.58. The van der Waals surface area contributed by atoms with Crippen LogP contribution >= 0.6 is 11.7 Å². The van der Waals surface area contributed by atoms with Crippen LogP contribution in [0.25, 0.3) is 0 Å². The molecule has 0 saturated heterocycles. The Morgan fingerprint density at radius 1 is 1.33 bits per heavy atom. The van der Waals surface area contributed by atoms with Gasteiger partial charge in [-0.3, -0.25) is 0 Å². The lowest BCUT2D eigenvalue weighted by molar-refractivity contribution is 0.216. The third-order valence-corrected chi connectivity index (χ3v) is 2.85. The molecule has 0 fully saturated rings. The Morgan fingerprint density at radius 2 is 2.07 bits per heavy atom. The molecule has 0 aliphatic rings. The maximum atomic E-state index is 9.95. The molecule has 1 aromatic carbocycles. The zero-order valence-electron chi connectivity index (χ0n) is 8.42. The number of benzene rings is 1. The molecule has 1 unspecified atom stereocenters. The summed E-state index contributed by atoms with van der Waals surface area (Å²) in [6, 6.07) is 7.92.